The highest BCUT2D eigenvalue weighted by molar-refractivity contribution is 5.74. The first-order chi connectivity index (χ1) is 4.72. The fourth-order valence-corrected chi connectivity index (χ4v) is 0.493. The Morgan fingerprint density at radius 3 is 2.90 bits per heavy atom. The van der Waals surface area contributed by atoms with E-state index in [1.54, 1.807) is 6.92 Å². The molecule has 0 saturated carbocycles. The normalized spacial score (nSPS) is 12.2. The second-order valence-corrected chi connectivity index (χ2v) is 1.79. The van der Waals surface area contributed by atoms with Crippen LogP contribution >= 0.6 is 0 Å². The smallest absolute Gasteiger partial charge is 0.335 e. The molecule has 3 heteroatoms. The summed E-state index contributed by atoms with van der Waals surface area (Å²) in [7, 11) is 0. The van der Waals surface area contributed by atoms with Gasteiger partial charge in [-0.25, -0.2) is 4.79 Å². The van der Waals surface area contributed by atoms with Gasteiger partial charge in [-0.1, -0.05) is 6.08 Å². The molecule has 10 heavy (non-hydrogen) atoms. The Kier molecular flexibility index (Phi) is 4.58. The van der Waals surface area contributed by atoms with Gasteiger partial charge in [0.2, 0.25) is 0 Å². The number of esters is 1. The van der Waals surface area contributed by atoms with Gasteiger partial charge < -0.3 is 9.84 Å². The Labute approximate surface area is 60.3 Å². The van der Waals surface area contributed by atoms with Gasteiger partial charge in [0.15, 0.2) is 6.10 Å². The van der Waals surface area contributed by atoms with E-state index in [9.17, 15) is 4.79 Å². The molecule has 0 aromatic carbocycles. The van der Waals surface area contributed by atoms with Gasteiger partial charge >= 0.3 is 5.97 Å². The lowest BCUT2D eigenvalue weighted by Gasteiger charge is -2.05. The van der Waals surface area contributed by atoms with Crippen molar-refractivity contribution in [2.45, 2.75) is 19.4 Å². The number of hydrogen-bond donors (Lipinski definition) is 1. The summed E-state index contributed by atoms with van der Waals surface area (Å²) in [5, 5.41) is 8.90. The Morgan fingerprint density at radius 2 is 2.50 bits per heavy atom. The molecule has 0 aliphatic rings. The topological polar surface area (TPSA) is 46.5 Å². The summed E-state index contributed by atoms with van der Waals surface area (Å²) < 4.78 is 4.52. The average molecular weight is 144 g/mol. The van der Waals surface area contributed by atoms with Gasteiger partial charge in [0, 0.05) is 6.42 Å². The lowest BCUT2D eigenvalue weighted by molar-refractivity contribution is -0.152. The minimum absolute atomic E-state index is 0.249. The van der Waals surface area contributed by atoms with E-state index < -0.39 is 12.1 Å². The van der Waals surface area contributed by atoms with E-state index in [0.29, 0.717) is 6.61 Å². The van der Waals surface area contributed by atoms with Gasteiger partial charge in [-0.15, -0.1) is 6.58 Å². The lowest BCUT2D eigenvalue weighted by Crippen LogP contribution is -2.21. The first-order valence-corrected chi connectivity index (χ1v) is 3.18. The summed E-state index contributed by atoms with van der Waals surface area (Å²) >= 11 is 0. The Balaban J connectivity index is 3.58. The molecule has 0 amide bonds. The molecule has 0 heterocycles. The second-order valence-electron chi connectivity index (χ2n) is 1.79. The molecule has 0 aromatic heterocycles. The van der Waals surface area contributed by atoms with Crippen LogP contribution in [0.2, 0.25) is 0 Å². The third-order valence-corrected chi connectivity index (χ3v) is 0.949. The zero-order chi connectivity index (χ0) is 7.98. The maximum Gasteiger partial charge on any atom is 0.335 e. The third kappa shape index (κ3) is 3.25. The molecule has 0 aromatic rings. The van der Waals surface area contributed by atoms with E-state index in [1.807, 2.05) is 0 Å². The molecule has 0 radical (unpaired) electrons. The zero-order valence-electron chi connectivity index (χ0n) is 6.04. The number of carbonyl (C=O) groups is 1. The molecule has 0 rings (SSSR count). The summed E-state index contributed by atoms with van der Waals surface area (Å²) in [6.45, 7) is 5.37. The van der Waals surface area contributed by atoms with Crippen molar-refractivity contribution in [3.8, 4) is 0 Å². The number of hydrogen-bond acceptors (Lipinski definition) is 3. The van der Waals surface area contributed by atoms with Crippen LogP contribution in [0.5, 0.6) is 0 Å². The van der Waals surface area contributed by atoms with E-state index in [0.717, 1.165) is 0 Å². The molecule has 1 unspecified atom stereocenters. The van der Waals surface area contributed by atoms with E-state index in [4.69, 9.17) is 5.11 Å². The molecule has 0 saturated heterocycles. The van der Waals surface area contributed by atoms with Crippen LogP contribution in [0.15, 0.2) is 12.7 Å². The van der Waals surface area contributed by atoms with Crippen LogP contribution in [-0.4, -0.2) is 23.8 Å². The van der Waals surface area contributed by atoms with Crippen LogP contribution in [0.1, 0.15) is 13.3 Å². The summed E-state index contributed by atoms with van der Waals surface area (Å²) in [5.41, 5.74) is 0. The van der Waals surface area contributed by atoms with Gasteiger partial charge in [-0.05, 0) is 6.92 Å². The molecule has 0 bridgehead atoms. The highest BCUT2D eigenvalue weighted by Crippen LogP contribution is 1.94. The standard InChI is InChI=1S/C7H12O3/c1-3-5-6(8)7(9)10-4-2/h3,6,8H,1,4-5H2,2H3. The van der Waals surface area contributed by atoms with Gasteiger partial charge in [-0.3, -0.25) is 0 Å². The lowest BCUT2D eigenvalue weighted by atomic mass is 10.2. The van der Waals surface area contributed by atoms with Gasteiger partial charge in [0.05, 0.1) is 6.61 Å². The van der Waals surface area contributed by atoms with Crippen molar-refractivity contribution in [2.75, 3.05) is 6.61 Å². The number of carbonyl (C=O) groups excluding carboxylic acids is 1. The SMILES string of the molecule is C=CCC(O)C(=O)OCC. The predicted molar refractivity (Wildman–Crippen MR) is 37.5 cm³/mol. The fourth-order valence-electron chi connectivity index (χ4n) is 0.493. The molecule has 0 aliphatic carbocycles. The number of ether oxygens (including phenoxy) is 1. The maximum absolute atomic E-state index is 10.6. The van der Waals surface area contributed by atoms with Crippen LogP contribution in [0.3, 0.4) is 0 Å². The van der Waals surface area contributed by atoms with Crippen LogP contribution in [0.25, 0.3) is 0 Å². The molecular weight excluding hydrogens is 132 g/mol. The zero-order valence-corrected chi connectivity index (χ0v) is 6.04. The molecule has 0 fully saturated rings. The summed E-state index contributed by atoms with van der Waals surface area (Å²) in [6, 6.07) is 0. The van der Waals surface area contributed by atoms with Crippen molar-refractivity contribution < 1.29 is 14.6 Å². The van der Waals surface area contributed by atoms with Crippen LogP contribution < -0.4 is 0 Å². The molecule has 1 N–H and O–H groups in total. The van der Waals surface area contributed by atoms with E-state index >= 15 is 0 Å². The van der Waals surface area contributed by atoms with Crippen molar-refractivity contribution in [2.24, 2.45) is 0 Å². The summed E-state index contributed by atoms with van der Waals surface area (Å²) in [6.07, 6.45) is 0.679. The fraction of sp³-hybridized carbons (Fsp3) is 0.571. The minimum Gasteiger partial charge on any atom is -0.464 e. The van der Waals surface area contributed by atoms with E-state index in [1.165, 1.54) is 6.08 Å². The summed E-state index contributed by atoms with van der Waals surface area (Å²) in [4.78, 5) is 10.6. The minimum atomic E-state index is -1.04. The molecular formula is C7H12O3. The highest BCUT2D eigenvalue weighted by atomic mass is 16.5. The van der Waals surface area contributed by atoms with Crippen LogP contribution in [-0.2, 0) is 9.53 Å². The van der Waals surface area contributed by atoms with Crippen molar-refractivity contribution in [3.05, 3.63) is 12.7 Å². The van der Waals surface area contributed by atoms with Gasteiger partial charge in [-0.2, -0.15) is 0 Å². The van der Waals surface area contributed by atoms with E-state index in [-0.39, 0.29) is 6.42 Å². The predicted octanol–water partition coefficient (Wildman–Crippen LogP) is 0.486. The second kappa shape index (κ2) is 4.99. The Hall–Kier alpha value is -0.830. The first kappa shape index (κ1) is 9.17. The van der Waals surface area contributed by atoms with Gasteiger partial charge in [0.25, 0.3) is 0 Å². The van der Waals surface area contributed by atoms with Gasteiger partial charge in [0.1, 0.15) is 0 Å². The van der Waals surface area contributed by atoms with Crippen molar-refractivity contribution in [1.82, 2.24) is 0 Å². The van der Waals surface area contributed by atoms with Crippen LogP contribution in [0, 0.1) is 0 Å². The molecule has 0 aliphatic heterocycles. The Morgan fingerprint density at radius 1 is 1.90 bits per heavy atom. The number of rotatable bonds is 4. The quantitative estimate of drug-likeness (QED) is 0.461. The highest BCUT2D eigenvalue weighted by Gasteiger charge is 2.12. The van der Waals surface area contributed by atoms with Crippen molar-refractivity contribution >= 4 is 5.97 Å². The average Bonchev–Trinajstić information content (AvgIpc) is 1.89. The Bertz CT molecular complexity index is 120. The van der Waals surface area contributed by atoms with Crippen LogP contribution in [0.4, 0.5) is 0 Å². The maximum atomic E-state index is 10.6. The molecule has 1 atom stereocenters. The first-order valence-electron chi connectivity index (χ1n) is 3.18. The van der Waals surface area contributed by atoms with Crippen molar-refractivity contribution in [3.63, 3.8) is 0 Å². The number of aliphatic hydroxyl groups excluding tert-OH is 1. The summed E-state index contributed by atoms with van der Waals surface area (Å²) in [5.74, 6) is -0.581. The third-order valence-electron chi connectivity index (χ3n) is 0.949. The largest absolute Gasteiger partial charge is 0.464 e. The molecule has 3 nitrogen and oxygen atoms in total. The van der Waals surface area contributed by atoms with E-state index in [2.05, 4.69) is 11.3 Å². The van der Waals surface area contributed by atoms with Crippen molar-refractivity contribution in [1.29, 1.82) is 0 Å². The molecule has 0 spiro atoms. The number of aliphatic hydroxyl groups is 1. The monoisotopic (exact) mass is 144 g/mol. The molecule has 58 valence electrons.